The van der Waals surface area contributed by atoms with Gasteiger partial charge in [-0.15, -0.1) is 0 Å². The van der Waals surface area contributed by atoms with Gasteiger partial charge in [0.2, 0.25) is 0 Å². The molecule has 1 radical (unpaired) electrons. The van der Waals surface area contributed by atoms with E-state index in [4.69, 9.17) is 0 Å². The van der Waals surface area contributed by atoms with E-state index in [0.717, 1.165) is 5.92 Å². The van der Waals surface area contributed by atoms with Gasteiger partial charge in [-0.25, -0.2) is 0 Å². The van der Waals surface area contributed by atoms with E-state index in [1.165, 1.54) is 24.8 Å². The van der Waals surface area contributed by atoms with Crippen LogP contribution in [0.25, 0.3) is 0 Å². The van der Waals surface area contributed by atoms with Crippen molar-refractivity contribution in [2.24, 2.45) is 0 Å². The summed E-state index contributed by atoms with van der Waals surface area (Å²) < 4.78 is 0. The van der Waals surface area contributed by atoms with Gasteiger partial charge in [-0.05, 0) is 37.2 Å². The van der Waals surface area contributed by atoms with Gasteiger partial charge in [-0.3, -0.25) is 0 Å². The molecule has 2 rings (SSSR count). The normalized spacial score (nSPS) is 18.9. The van der Waals surface area contributed by atoms with Gasteiger partial charge < -0.3 is 0 Å². The predicted molar refractivity (Wildman–Crippen MR) is 47.3 cm³/mol. The summed E-state index contributed by atoms with van der Waals surface area (Å²) in [5.41, 5.74) is 1.52. The maximum absolute atomic E-state index is 2.40. The zero-order valence-corrected chi connectivity index (χ0v) is 6.66. The minimum Gasteiger partial charge on any atom is -0.0622 e. The highest BCUT2D eigenvalue weighted by atomic mass is 14.2. The van der Waals surface area contributed by atoms with Crippen LogP contribution in [0.3, 0.4) is 0 Å². The van der Waals surface area contributed by atoms with Crippen LogP contribution in [-0.2, 0) is 0 Å². The van der Waals surface area contributed by atoms with Crippen molar-refractivity contribution in [3.8, 4) is 0 Å². The van der Waals surface area contributed by atoms with Crippen LogP contribution >= 0.6 is 0 Å². The second kappa shape index (κ2) is 3.08. The Morgan fingerprint density at radius 1 is 1.09 bits per heavy atom. The maximum Gasteiger partial charge on any atom is -0.0159 e. The van der Waals surface area contributed by atoms with Gasteiger partial charge in [0.25, 0.3) is 0 Å². The molecule has 0 aromatic heterocycles. The SMILES string of the molecule is [CH]1CCC(c2ccccc2)C1. The van der Waals surface area contributed by atoms with Crippen LogP contribution in [0.2, 0.25) is 0 Å². The first-order valence-electron chi connectivity index (χ1n) is 4.33. The molecule has 1 aromatic rings. The predicted octanol–water partition coefficient (Wildman–Crippen LogP) is 3.16. The van der Waals surface area contributed by atoms with E-state index in [2.05, 4.69) is 36.8 Å². The summed E-state index contributed by atoms with van der Waals surface area (Å²) in [6, 6.07) is 10.8. The van der Waals surface area contributed by atoms with Crippen molar-refractivity contribution in [3.05, 3.63) is 42.3 Å². The zero-order valence-electron chi connectivity index (χ0n) is 6.66. The van der Waals surface area contributed by atoms with E-state index < -0.39 is 0 Å². The Balaban J connectivity index is 2.16. The molecule has 1 aromatic carbocycles. The topological polar surface area (TPSA) is 0 Å². The Morgan fingerprint density at radius 2 is 1.91 bits per heavy atom. The third-order valence-electron chi connectivity index (χ3n) is 2.44. The molecular weight excluding hydrogens is 132 g/mol. The summed E-state index contributed by atoms with van der Waals surface area (Å²) in [6.07, 6.45) is 6.34. The van der Waals surface area contributed by atoms with Crippen LogP contribution in [0.15, 0.2) is 30.3 Å². The lowest BCUT2D eigenvalue weighted by Crippen LogP contribution is -1.89. The van der Waals surface area contributed by atoms with E-state index in [1.807, 2.05) is 0 Å². The van der Waals surface area contributed by atoms with Crippen molar-refractivity contribution in [1.29, 1.82) is 0 Å². The Bertz CT molecular complexity index is 207. The Kier molecular flexibility index (Phi) is 1.93. The highest BCUT2D eigenvalue weighted by Crippen LogP contribution is 2.32. The molecule has 1 fully saturated rings. The molecule has 1 saturated carbocycles. The van der Waals surface area contributed by atoms with Crippen LogP contribution < -0.4 is 0 Å². The van der Waals surface area contributed by atoms with Crippen LogP contribution in [0.4, 0.5) is 0 Å². The quantitative estimate of drug-likeness (QED) is 0.569. The second-order valence-corrected chi connectivity index (χ2v) is 3.21. The number of hydrogen-bond donors (Lipinski definition) is 0. The lowest BCUT2D eigenvalue weighted by molar-refractivity contribution is 0.730. The van der Waals surface area contributed by atoms with Crippen molar-refractivity contribution in [2.45, 2.75) is 25.2 Å². The minimum absolute atomic E-state index is 0.816. The Morgan fingerprint density at radius 3 is 2.55 bits per heavy atom. The zero-order chi connectivity index (χ0) is 7.52. The van der Waals surface area contributed by atoms with E-state index in [0.29, 0.717) is 0 Å². The highest BCUT2D eigenvalue weighted by molar-refractivity contribution is 5.21. The largest absolute Gasteiger partial charge is 0.0622 e. The fourth-order valence-electron chi connectivity index (χ4n) is 1.78. The van der Waals surface area contributed by atoms with E-state index in [-0.39, 0.29) is 0 Å². The van der Waals surface area contributed by atoms with Crippen LogP contribution in [0.1, 0.15) is 30.7 Å². The van der Waals surface area contributed by atoms with Crippen LogP contribution in [0, 0.1) is 6.42 Å². The monoisotopic (exact) mass is 145 g/mol. The molecule has 11 heavy (non-hydrogen) atoms. The van der Waals surface area contributed by atoms with Gasteiger partial charge >= 0.3 is 0 Å². The molecule has 1 unspecified atom stereocenters. The molecule has 0 amide bonds. The maximum atomic E-state index is 2.40. The summed E-state index contributed by atoms with van der Waals surface area (Å²) >= 11 is 0. The third-order valence-corrected chi connectivity index (χ3v) is 2.44. The van der Waals surface area contributed by atoms with Crippen LogP contribution in [-0.4, -0.2) is 0 Å². The van der Waals surface area contributed by atoms with Gasteiger partial charge in [-0.2, -0.15) is 0 Å². The molecule has 1 aliphatic carbocycles. The van der Waals surface area contributed by atoms with Gasteiger partial charge in [0, 0.05) is 0 Å². The van der Waals surface area contributed by atoms with Gasteiger partial charge in [0.1, 0.15) is 0 Å². The molecule has 1 atom stereocenters. The fraction of sp³-hybridized carbons (Fsp3) is 0.364. The third kappa shape index (κ3) is 1.45. The van der Waals surface area contributed by atoms with Crippen LogP contribution in [0.5, 0.6) is 0 Å². The lowest BCUT2D eigenvalue weighted by Gasteiger charge is -2.07. The fourth-order valence-corrected chi connectivity index (χ4v) is 1.78. The Hall–Kier alpha value is -0.780. The summed E-state index contributed by atoms with van der Waals surface area (Å²) in [6.45, 7) is 0. The highest BCUT2D eigenvalue weighted by Gasteiger charge is 2.15. The second-order valence-electron chi connectivity index (χ2n) is 3.21. The van der Waals surface area contributed by atoms with Gasteiger partial charge in [0.15, 0.2) is 0 Å². The van der Waals surface area contributed by atoms with E-state index >= 15 is 0 Å². The molecule has 0 aliphatic heterocycles. The van der Waals surface area contributed by atoms with Crippen molar-refractivity contribution < 1.29 is 0 Å². The van der Waals surface area contributed by atoms with Crippen molar-refractivity contribution in [3.63, 3.8) is 0 Å². The first-order chi connectivity index (χ1) is 5.47. The average molecular weight is 145 g/mol. The Labute approximate surface area is 68.3 Å². The number of benzene rings is 1. The molecule has 0 heteroatoms. The summed E-state index contributed by atoms with van der Waals surface area (Å²) in [7, 11) is 0. The van der Waals surface area contributed by atoms with Gasteiger partial charge in [0.05, 0.1) is 0 Å². The molecule has 0 spiro atoms. The first-order valence-corrected chi connectivity index (χ1v) is 4.33. The summed E-state index contributed by atoms with van der Waals surface area (Å²) in [4.78, 5) is 0. The molecule has 0 N–H and O–H groups in total. The van der Waals surface area contributed by atoms with Crippen molar-refractivity contribution in [2.75, 3.05) is 0 Å². The molecule has 0 bridgehead atoms. The first kappa shape index (κ1) is 6.90. The summed E-state index contributed by atoms with van der Waals surface area (Å²) in [5, 5.41) is 0. The molecular formula is C11H13. The molecule has 1 aliphatic rings. The molecule has 0 saturated heterocycles. The molecule has 0 heterocycles. The van der Waals surface area contributed by atoms with E-state index in [1.54, 1.807) is 0 Å². The summed E-state index contributed by atoms with van der Waals surface area (Å²) in [5.74, 6) is 0.816. The smallest absolute Gasteiger partial charge is 0.0159 e. The minimum atomic E-state index is 0.816. The lowest BCUT2D eigenvalue weighted by atomic mass is 9.98. The standard InChI is InChI=1S/C11H13/c1-2-6-10(7-3-1)11-8-4-5-9-11/h1-4,6-7,11H,5,8-9H2. The van der Waals surface area contributed by atoms with Crippen molar-refractivity contribution >= 4 is 0 Å². The van der Waals surface area contributed by atoms with Gasteiger partial charge in [-0.1, -0.05) is 30.3 Å². The number of hydrogen-bond acceptors (Lipinski definition) is 0. The van der Waals surface area contributed by atoms with E-state index in [9.17, 15) is 0 Å². The molecule has 0 nitrogen and oxygen atoms in total. The number of rotatable bonds is 1. The molecule has 57 valence electrons. The van der Waals surface area contributed by atoms with Crippen molar-refractivity contribution in [1.82, 2.24) is 0 Å². The average Bonchev–Trinajstić information content (AvgIpc) is 2.58.